The number of hydrogen-bond acceptors (Lipinski definition) is 2. The summed E-state index contributed by atoms with van der Waals surface area (Å²) in [6.45, 7) is 1.81. The maximum absolute atomic E-state index is 13.6. The van der Waals surface area contributed by atoms with Gasteiger partial charge >= 0.3 is 0 Å². The molecule has 2 aromatic carbocycles. The summed E-state index contributed by atoms with van der Waals surface area (Å²) < 4.78 is 13.6. The number of piperidine rings is 1. The minimum atomic E-state index is -0.203. The van der Waals surface area contributed by atoms with Gasteiger partial charge in [-0.15, -0.1) is 0 Å². The van der Waals surface area contributed by atoms with Gasteiger partial charge in [-0.25, -0.2) is 4.39 Å². The van der Waals surface area contributed by atoms with Gasteiger partial charge in [0, 0.05) is 24.8 Å². The van der Waals surface area contributed by atoms with Gasteiger partial charge in [-0.1, -0.05) is 12.1 Å². The van der Waals surface area contributed by atoms with Gasteiger partial charge in [0.1, 0.15) is 5.82 Å². The molecule has 109 valence electrons. The second-order valence-electron chi connectivity index (χ2n) is 5.38. The molecular weight excluding hydrogens is 267 g/mol. The Balaban J connectivity index is 1.58. The summed E-state index contributed by atoms with van der Waals surface area (Å²) in [6.07, 6.45) is 1.90. The van der Waals surface area contributed by atoms with Crippen LogP contribution in [0.1, 0.15) is 12.8 Å². The van der Waals surface area contributed by atoms with Crippen LogP contribution in [0, 0.1) is 5.82 Å². The predicted octanol–water partition coefficient (Wildman–Crippen LogP) is 4.05. The van der Waals surface area contributed by atoms with Crippen molar-refractivity contribution in [1.82, 2.24) is 0 Å². The number of nitrogens with zero attached hydrogens (tertiary/aromatic N) is 1. The Hall–Kier alpha value is -2.23. The van der Waals surface area contributed by atoms with Crippen LogP contribution in [0.5, 0.6) is 5.75 Å². The quantitative estimate of drug-likeness (QED) is 0.923. The molecule has 2 aromatic rings. The Bertz CT molecular complexity index is 592. The number of halogens is 1. The Morgan fingerprint density at radius 3 is 2.33 bits per heavy atom. The summed E-state index contributed by atoms with van der Waals surface area (Å²) in [6, 6.07) is 14.0. The van der Waals surface area contributed by atoms with E-state index in [-0.39, 0.29) is 17.6 Å². The summed E-state index contributed by atoms with van der Waals surface area (Å²) in [5.41, 5.74) is 1.66. The first kappa shape index (κ1) is 13.7. The van der Waals surface area contributed by atoms with Crippen molar-refractivity contribution in [2.24, 2.45) is 0 Å². The van der Waals surface area contributed by atoms with Crippen molar-refractivity contribution >= 4 is 11.4 Å². The van der Waals surface area contributed by atoms with Crippen LogP contribution in [0.4, 0.5) is 15.8 Å². The second-order valence-corrected chi connectivity index (χ2v) is 5.38. The van der Waals surface area contributed by atoms with Crippen LogP contribution in [0.2, 0.25) is 0 Å². The Morgan fingerprint density at radius 1 is 1.00 bits per heavy atom. The highest BCUT2D eigenvalue weighted by Crippen LogP contribution is 2.24. The molecule has 3 nitrogen and oxygen atoms in total. The minimum absolute atomic E-state index is 0.0369. The lowest BCUT2D eigenvalue weighted by atomic mass is 10.0. The fourth-order valence-electron chi connectivity index (χ4n) is 2.74. The van der Waals surface area contributed by atoms with E-state index in [9.17, 15) is 9.50 Å². The van der Waals surface area contributed by atoms with Crippen molar-refractivity contribution in [3.8, 4) is 5.75 Å². The van der Waals surface area contributed by atoms with Gasteiger partial charge in [-0.3, -0.25) is 5.11 Å². The molecule has 1 aliphatic rings. The maximum Gasteiger partial charge on any atom is 0.178 e. The molecule has 4 heteroatoms. The SMILES string of the molecule is [O]c1ccc(N2CCC(Nc3ccccc3F)CC2)cc1. The molecule has 1 heterocycles. The van der Waals surface area contributed by atoms with E-state index in [0.717, 1.165) is 31.6 Å². The Kier molecular flexibility index (Phi) is 3.95. The molecule has 0 unspecified atom stereocenters. The van der Waals surface area contributed by atoms with Crippen LogP contribution in [0.15, 0.2) is 48.5 Å². The van der Waals surface area contributed by atoms with Crippen molar-refractivity contribution in [1.29, 1.82) is 0 Å². The molecule has 1 saturated heterocycles. The fourth-order valence-corrected chi connectivity index (χ4v) is 2.74. The third-order valence-electron chi connectivity index (χ3n) is 3.93. The normalized spacial score (nSPS) is 16.0. The number of anilines is 2. The van der Waals surface area contributed by atoms with Gasteiger partial charge in [0.2, 0.25) is 0 Å². The number of nitrogens with one attached hydrogen (secondary N) is 1. The molecule has 21 heavy (non-hydrogen) atoms. The van der Waals surface area contributed by atoms with Crippen LogP contribution in [-0.2, 0) is 5.11 Å². The van der Waals surface area contributed by atoms with E-state index in [0.29, 0.717) is 5.69 Å². The minimum Gasteiger partial charge on any atom is -0.380 e. The molecule has 0 saturated carbocycles. The summed E-state index contributed by atoms with van der Waals surface area (Å²) in [5, 5.41) is 14.4. The first-order valence-electron chi connectivity index (χ1n) is 7.25. The van der Waals surface area contributed by atoms with Crippen LogP contribution < -0.4 is 10.2 Å². The van der Waals surface area contributed by atoms with Crippen molar-refractivity contribution in [3.63, 3.8) is 0 Å². The third-order valence-corrected chi connectivity index (χ3v) is 3.93. The molecule has 0 atom stereocenters. The molecule has 1 aliphatic heterocycles. The molecule has 1 N–H and O–H groups in total. The summed E-state index contributed by atoms with van der Waals surface area (Å²) in [4.78, 5) is 2.26. The van der Waals surface area contributed by atoms with E-state index in [1.54, 1.807) is 24.3 Å². The van der Waals surface area contributed by atoms with E-state index in [2.05, 4.69) is 10.2 Å². The summed E-state index contributed by atoms with van der Waals surface area (Å²) in [5.74, 6) is -0.166. The average molecular weight is 285 g/mol. The Labute approximate surface area is 124 Å². The number of para-hydroxylation sites is 1. The van der Waals surface area contributed by atoms with E-state index in [4.69, 9.17) is 0 Å². The first-order valence-corrected chi connectivity index (χ1v) is 7.25. The smallest absolute Gasteiger partial charge is 0.178 e. The molecule has 0 amide bonds. The van der Waals surface area contributed by atoms with Gasteiger partial charge in [0.05, 0.1) is 5.69 Å². The summed E-state index contributed by atoms with van der Waals surface area (Å²) in [7, 11) is 0. The van der Waals surface area contributed by atoms with Gasteiger partial charge in [0.25, 0.3) is 0 Å². The largest absolute Gasteiger partial charge is 0.380 e. The highest BCUT2D eigenvalue weighted by molar-refractivity contribution is 5.50. The van der Waals surface area contributed by atoms with E-state index >= 15 is 0 Å². The van der Waals surface area contributed by atoms with Crippen LogP contribution in [0.3, 0.4) is 0 Å². The topological polar surface area (TPSA) is 35.2 Å². The van der Waals surface area contributed by atoms with Crippen LogP contribution >= 0.6 is 0 Å². The number of hydrogen-bond donors (Lipinski definition) is 1. The Morgan fingerprint density at radius 2 is 1.67 bits per heavy atom. The standard InChI is InChI=1S/C17H18FN2O/c18-16-3-1-2-4-17(16)19-13-9-11-20(12-10-13)14-5-7-15(21)8-6-14/h1-8,13,19H,9-12H2. The lowest BCUT2D eigenvalue weighted by molar-refractivity contribution is 0.355. The molecule has 1 radical (unpaired) electrons. The van der Waals surface area contributed by atoms with Crippen molar-refractivity contribution in [2.45, 2.75) is 18.9 Å². The van der Waals surface area contributed by atoms with Gasteiger partial charge in [0.15, 0.2) is 5.75 Å². The molecule has 1 fully saturated rings. The average Bonchev–Trinajstić information content (AvgIpc) is 2.51. The lowest BCUT2D eigenvalue weighted by Crippen LogP contribution is -2.39. The summed E-state index contributed by atoms with van der Waals surface area (Å²) >= 11 is 0. The molecule has 3 rings (SSSR count). The lowest BCUT2D eigenvalue weighted by Gasteiger charge is -2.34. The van der Waals surface area contributed by atoms with Crippen molar-refractivity contribution in [2.75, 3.05) is 23.3 Å². The second kappa shape index (κ2) is 6.04. The number of benzene rings is 2. The van der Waals surface area contributed by atoms with Gasteiger partial charge < -0.3 is 10.2 Å². The molecule has 0 spiro atoms. The van der Waals surface area contributed by atoms with Crippen LogP contribution in [0.25, 0.3) is 0 Å². The number of rotatable bonds is 3. The predicted molar refractivity (Wildman–Crippen MR) is 81.8 cm³/mol. The van der Waals surface area contributed by atoms with Crippen molar-refractivity contribution in [3.05, 3.63) is 54.3 Å². The molecule has 0 bridgehead atoms. The van der Waals surface area contributed by atoms with Gasteiger partial charge in [-0.2, -0.15) is 0 Å². The highest BCUT2D eigenvalue weighted by Gasteiger charge is 2.20. The van der Waals surface area contributed by atoms with E-state index in [1.807, 2.05) is 18.2 Å². The zero-order valence-electron chi connectivity index (χ0n) is 11.8. The monoisotopic (exact) mass is 285 g/mol. The first-order chi connectivity index (χ1) is 10.2. The molecular formula is C17H18FN2O. The zero-order chi connectivity index (χ0) is 14.7. The maximum atomic E-state index is 13.6. The van der Waals surface area contributed by atoms with Crippen LogP contribution in [-0.4, -0.2) is 19.1 Å². The third kappa shape index (κ3) is 3.27. The molecule has 0 aromatic heterocycles. The van der Waals surface area contributed by atoms with E-state index < -0.39 is 0 Å². The molecule has 0 aliphatic carbocycles. The highest BCUT2D eigenvalue weighted by atomic mass is 19.1. The zero-order valence-corrected chi connectivity index (χ0v) is 11.8. The van der Waals surface area contributed by atoms with Gasteiger partial charge in [-0.05, 0) is 49.2 Å². The fraction of sp³-hybridized carbons (Fsp3) is 0.294. The van der Waals surface area contributed by atoms with Crippen molar-refractivity contribution < 1.29 is 9.50 Å². The van der Waals surface area contributed by atoms with E-state index in [1.165, 1.54) is 6.07 Å².